The Bertz CT molecular complexity index is 283. The van der Waals surface area contributed by atoms with Crippen molar-refractivity contribution in [1.29, 1.82) is 0 Å². The average Bonchev–Trinajstić information content (AvgIpc) is 2.58. The van der Waals surface area contributed by atoms with Gasteiger partial charge in [0.05, 0.1) is 0 Å². The molecule has 1 N–H and O–H groups in total. The highest BCUT2D eigenvalue weighted by Gasteiger charge is 2.09. The largest absolute Gasteiger partial charge is 0.317 e. The van der Waals surface area contributed by atoms with E-state index in [0.29, 0.717) is 6.04 Å². The topological polar surface area (TPSA) is 12.0 Å². The fraction of sp³-hybridized carbons (Fsp3) is 0.667. The molecule has 15 heavy (non-hydrogen) atoms. The van der Waals surface area contributed by atoms with Crippen LogP contribution in [0.4, 0.5) is 0 Å². The zero-order chi connectivity index (χ0) is 11.3. The Morgan fingerprint density at radius 1 is 1.47 bits per heavy atom. The highest BCUT2D eigenvalue weighted by atomic mass is 79.9. The summed E-state index contributed by atoms with van der Waals surface area (Å²) in [5.41, 5.74) is 0. The van der Waals surface area contributed by atoms with Gasteiger partial charge in [0.25, 0.3) is 0 Å². The van der Waals surface area contributed by atoms with Gasteiger partial charge < -0.3 is 5.32 Å². The second kappa shape index (κ2) is 6.66. The van der Waals surface area contributed by atoms with Crippen LogP contribution in [0.3, 0.4) is 0 Å². The molecule has 0 spiro atoms. The van der Waals surface area contributed by atoms with Gasteiger partial charge >= 0.3 is 0 Å². The molecule has 1 heterocycles. The van der Waals surface area contributed by atoms with Gasteiger partial charge in [-0.2, -0.15) is 0 Å². The summed E-state index contributed by atoms with van der Waals surface area (Å²) in [4.78, 5) is 1.48. The van der Waals surface area contributed by atoms with Crippen LogP contribution in [0, 0.1) is 5.92 Å². The van der Waals surface area contributed by atoms with Crippen molar-refractivity contribution >= 4 is 27.3 Å². The zero-order valence-corrected chi connectivity index (χ0v) is 12.1. The lowest BCUT2D eigenvalue weighted by Gasteiger charge is -2.17. The van der Waals surface area contributed by atoms with Crippen molar-refractivity contribution < 1.29 is 0 Å². The molecule has 1 aromatic rings. The maximum atomic E-state index is 3.49. The molecule has 1 unspecified atom stereocenters. The molecule has 0 amide bonds. The lowest BCUT2D eigenvalue weighted by Crippen LogP contribution is -2.27. The minimum Gasteiger partial charge on any atom is -0.317 e. The summed E-state index contributed by atoms with van der Waals surface area (Å²) in [7, 11) is 2.07. The van der Waals surface area contributed by atoms with E-state index in [1.165, 1.54) is 28.6 Å². The zero-order valence-electron chi connectivity index (χ0n) is 9.72. The fourth-order valence-electron chi connectivity index (χ4n) is 1.75. The number of nitrogens with one attached hydrogen (secondary N) is 1. The third-order valence-electron chi connectivity index (χ3n) is 2.53. The van der Waals surface area contributed by atoms with Crippen molar-refractivity contribution in [3.05, 3.63) is 20.8 Å². The van der Waals surface area contributed by atoms with Crippen LogP contribution in [0.1, 0.15) is 31.6 Å². The van der Waals surface area contributed by atoms with Crippen LogP contribution in [-0.2, 0) is 6.42 Å². The van der Waals surface area contributed by atoms with Gasteiger partial charge in [-0.3, -0.25) is 0 Å². The Labute approximate surface area is 105 Å². The van der Waals surface area contributed by atoms with Crippen molar-refractivity contribution in [1.82, 2.24) is 5.32 Å². The van der Waals surface area contributed by atoms with E-state index in [-0.39, 0.29) is 0 Å². The number of rotatable bonds is 6. The van der Waals surface area contributed by atoms with E-state index in [9.17, 15) is 0 Å². The first kappa shape index (κ1) is 13.2. The number of hydrogen-bond donors (Lipinski definition) is 1. The lowest BCUT2D eigenvalue weighted by atomic mass is 10.00. The van der Waals surface area contributed by atoms with Gasteiger partial charge in [0, 0.05) is 20.8 Å². The van der Waals surface area contributed by atoms with Crippen LogP contribution >= 0.6 is 27.3 Å². The van der Waals surface area contributed by atoms with Crippen LogP contribution in [0.15, 0.2) is 15.9 Å². The van der Waals surface area contributed by atoms with E-state index in [2.05, 4.69) is 53.6 Å². The molecule has 0 fully saturated rings. The fourth-order valence-corrected chi connectivity index (χ4v) is 3.22. The number of thiophene rings is 1. The SMILES string of the molecule is CNC(CCc1cc(Br)cs1)CC(C)C. The molecule has 1 aromatic heterocycles. The van der Waals surface area contributed by atoms with Gasteiger partial charge in [-0.15, -0.1) is 11.3 Å². The highest BCUT2D eigenvalue weighted by molar-refractivity contribution is 9.10. The average molecular weight is 290 g/mol. The molecule has 1 rings (SSSR count). The third-order valence-corrected chi connectivity index (χ3v) is 4.28. The molecule has 0 saturated carbocycles. The first-order valence-corrected chi connectivity index (χ1v) is 7.19. The van der Waals surface area contributed by atoms with E-state index in [1.54, 1.807) is 0 Å². The summed E-state index contributed by atoms with van der Waals surface area (Å²) in [6, 6.07) is 2.89. The lowest BCUT2D eigenvalue weighted by molar-refractivity contribution is 0.422. The van der Waals surface area contributed by atoms with Crippen molar-refractivity contribution in [2.75, 3.05) is 7.05 Å². The van der Waals surface area contributed by atoms with Crippen LogP contribution in [0.5, 0.6) is 0 Å². The summed E-state index contributed by atoms with van der Waals surface area (Å²) in [5, 5.41) is 5.56. The third kappa shape index (κ3) is 5.14. The summed E-state index contributed by atoms with van der Waals surface area (Å²) in [5.74, 6) is 0.775. The molecule has 0 radical (unpaired) electrons. The van der Waals surface area contributed by atoms with Crippen molar-refractivity contribution in [2.24, 2.45) is 5.92 Å². The first-order chi connectivity index (χ1) is 7.11. The summed E-state index contributed by atoms with van der Waals surface area (Å²) >= 11 is 5.34. The summed E-state index contributed by atoms with van der Waals surface area (Å²) < 4.78 is 1.22. The van der Waals surface area contributed by atoms with Crippen molar-refractivity contribution in [2.45, 2.75) is 39.2 Å². The first-order valence-electron chi connectivity index (χ1n) is 5.52. The van der Waals surface area contributed by atoms with Crippen LogP contribution in [0.2, 0.25) is 0 Å². The van der Waals surface area contributed by atoms with Gasteiger partial charge in [-0.1, -0.05) is 13.8 Å². The van der Waals surface area contributed by atoms with Gasteiger partial charge in [0.1, 0.15) is 0 Å². The number of halogens is 1. The van der Waals surface area contributed by atoms with E-state index < -0.39 is 0 Å². The minimum atomic E-state index is 0.658. The molecule has 3 heteroatoms. The molecule has 86 valence electrons. The van der Waals surface area contributed by atoms with Crippen molar-refractivity contribution in [3.8, 4) is 0 Å². The molecule has 0 bridgehead atoms. The van der Waals surface area contributed by atoms with E-state index >= 15 is 0 Å². The van der Waals surface area contributed by atoms with E-state index in [0.717, 1.165) is 5.92 Å². The highest BCUT2D eigenvalue weighted by Crippen LogP contribution is 2.22. The molecule has 1 atom stereocenters. The molecular formula is C12H20BrNS. The van der Waals surface area contributed by atoms with E-state index in [1.807, 2.05) is 11.3 Å². The Balaban J connectivity index is 2.34. The normalized spacial score (nSPS) is 13.4. The molecule has 0 aliphatic heterocycles. The Morgan fingerprint density at radius 3 is 2.67 bits per heavy atom. The van der Waals surface area contributed by atoms with Crippen LogP contribution in [-0.4, -0.2) is 13.1 Å². The maximum absolute atomic E-state index is 3.49. The molecule has 1 nitrogen and oxygen atoms in total. The molecule has 0 aromatic carbocycles. The number of hydrogen-bond acceptors (Lipinski definition) is 2. The Kier molecular flexibility index (Phi) is 5.87. The second-order valence-corrected chi connectivity index (χ2v) is 6.30. The van der Waals surface area contributed by atoms with Crippen LogP contribution < -0.4 is 5.32 Å². The predicted octanol–water partition coefficient (Wildman–Crippen LogP) is 4.08. The van der Waals surface area contributed by atoms with E-state index in [4.69, 9.17) is 0 Å². The van der Waals surface area contributed by atoms with Gasteiger partial charge in [-0.25, -0.2) is 0 Å². The van der Waals surface area contributed by atoms with Gasteiger partial charge in [0.2, 0.25) is 0 Å². The Morgan fingerprint density at radius 2 is 2.20 bits per heavy atom. The minimum absolute atomic E-state index is 0.658. The summed E-state index contributed by atoms with van der Waals surface area (Å²) in [6.07, 6.45) is 3.69. The quantitative estimate of drug-likeness (QED) is 0.832. The van der Waals surface area contributed by atoms with Crippen LogP contribution in [0.25, 0.3) is 0 Å². The van der Waals surface area contributed by atoms with Crippen molar-refractivity contribution in [3.63, 3.8) is 0 Å². The summed E-state index contributed by atoms with van der Waals surface area (Å²) in [6.45, 7) is 4.57. The van der Waals surface area contributed by atoms with Gasteiger partial charge in [-0.05, 0) is 54.2 Å². The predicted molar refractivity (Wildman–Crippen MR) is 72.6 cm³/mol. The molecular weight excluding hydrogens is 270 g/mol. The smallest absolute Gasteiger partial charge is 0.0285 e. The Hall–Kier alpha value is 0.140. The second-order valence-electron chi connectivity index (χ2n) is 4.39. The number of aryl methyl sites for hydroxylation is 1. The molecule has 0 aliphatic carbocycles. The maximum Gasteiger partial charge on any atom is 0.0285 e. The van der Waals surface area contributed by atoms with Gasteiger partial charge in [0.15, 0.2) is 0 Å². The standard InChI is InChI=1S/C12H20BrNS/c1-9(2)6-11(14-3)4-5-12-7-10(13)8-15-12/h7-9,11,14H,4-6H2,1-3H3. The molecule has 0 saturated heterocycles. The molecule has 0 aliphatic rings. The monoisotopic (exact) mass is 289 g/mol.